The molecule has 0 saturated heterocycles. The maximum Gasteiger partial charge on any atom is 0.242 e. The Morgan fingerprint density at radius 1 is 1.44 bits per heavy atom. The first-order chi connectivity index (χ1) is 8.45. The van der Waals surface area contributed by atoms with Crippen LogP contribution in [0.5, 0.6) is 0 Å². The van der Waals surface area contributed by atoms with Crippen molar-refractivity contribution in [2.45, 2.75) is 13.0 Å². The van der Waals surface area contributed by atoms with Crippen LogP contribution in [0.1, 0.15) is 13.0 Å². The summed E-state index contributed by atoms with van der Waals surface area (Å²) in [5, 5.41) is 3.37. The second kappa shape index (κ2) is 4.66. The molecule has 1 heterocycles. The molecule has 2 rings (SSSR count). The fraction of sp³-hybridized carbons (Fsp3) is 0.273. The van der Waals surface area contributed by atoms with E-state index in [-0.39, 0.29) is 11.9 Å². The summed E-state index contributed by atoms with van der Waals surface area (Å²) in [4.78, 5) is 15.9. The number of halogens is 2. The molecule has 1 amide bonds. The van der Waals surface area contributed by atoms with Crippen LogP contribution in [0.2, 0.25) is 10.0 Å². The standard InChI is InChI=1S/C11H12Cl2N4O/c1-5(10(18)15-2)17-9-4-7(13)6(12)3-8(9)16-11(17)14/h3-5H,1-2H3,(H2,14,16)(H,15,18). The number of nitrogens with zero attached hydrogens (tertiary/aromatic N) is 2. The molecule has 96 valence electrons. The molecule has 1 aromatic carbocycles. The van der Waals surface area contributed by atoms with Gasteiger partial charge in [-0.2, -0.15) is 0 Å². The van der Waals surface area contributed by atoms with Crippen LogP contribution >= 0.6 is 23.2 Å². The molecule has 18 heavy (non-hydrogen) atoms. The SMILES string of the molecule is CNC(=O)C(C)n1c(N)nc2cc(Cl)c(Cl)cc21. The summed E-state index contributed by atoms with van der Waals surface area (Å²) in [5.74, 6) is 0.0894. The Balaban J connectivity index is 2.67. The third kappa shape index (κ3) is 2.00. The van der Waals surface area contributed by atoms with Crippen LogP contribution < -0.4 is 11.1 Å². The van der Waals surface area contributed by atoms with Gasteiger partial charge < -0.3 is 11.1 Å². The van der Waals surface area contributed by atoms with Gasteiger partial charge in [-0.05, 0) is 19.1 Å². The third-order valence-corrected chi connectivity index (χ3v) is 3.49. The number of nitrogen functional groups attached to an aromatic ring is 1. The van der Waals surface area contributed by atoms with Gasteiger partial charge in [-0.3, -0.25) is 9.36 Å². The number of hydrogen-bond acceptors (Lipinski definition) is 3. The smallest absolute Gasteiger partial charge is 0.242 e. The second-order valence-electron chi connectivity index (χ2n) is 3.89. The molecule has 5 nitrogen and oxygen atoms in total. The molecule has 1 atom stereocenters. The van der Waals surface area contributed by atoms with Gasteiger partial charge in [0.05, 0.1) is 21.1 Å². The molecular weight excluding hydrogens is 275 g/mol. The summed E-state index contributed by atoms with van der Waals surface area (Å²) in [6, 6.07) is 2.81. The highest BCUT2D eigenvalue weighted by Gasteiger charge is 2.20. The number of anilines is 1. The quantitative estimate of drug-likeness (QED) is 0.889. The Bertz CT molecular complexity index is 623. The van der Waals surface area contributed by atoms with Gasteiger partial charge in [-0.25, -0.2) is 4.98 Å². The maximum atomic E-state index is 11.7. The van der Waals surface area contributed by atoms with E-state index in [0.29, 0.717) is 21.1 Å². The van der Waals surface area contributed by atoms with Crippen molar-refractivity contribution in [2.24, 2.45) is 0 Å². The number of amides is 1. The number of aromatic nitrogens is 2. The van der Waals surface area contributed by atoms with E-state index in [1.54, 1.807) is 30.7 Å². The molecule has 0 aliphatic heterocycles. The molecule has 0 aliphatic rings. The minimum absolute atomic E-state index is 0.160. The van der Waals surface area contributed by atoms with E-state index in [0.717, 1.165) is 0 Å². The molecule has 0 saturated carbocycles. The van der Waals surface area contributed by atoms with Gasteiger partial charge in [0.25, 0.3) is 0 Å². The van der Waals surface area contributed by atoms with Crippen LogP contribution in [-0.2, 0) is 4.79 Å². The number of nitrogens with two attached hydrogens (primary N) is 1. The van der Waals surface area contributed by atoms with Crippen molar-refractivity contribution >= 4 is 46.1 Å². The van der Waals surface area contributed by atoms with E-state index in [9.17, 15) is 4.79 Å². The Morgan fingerprint density at radius 3 is 2.67 bits per heavy atom. The molecule has 3 N–H and O–H groups in total. The predicted molar refractivity (Wildman–Crippen MR) is 72.9 cm³/mol. The van der Waals surface area contributed by atoms with Gasteiger partial charge in [0.15, 0.2) is 0 Å². The molecule has 0 bridgehead atoms. The number of carbonyl (C=O) groups is 1. The van der Waals surface area contributed by atoms with Crippen molar-refractivity contribution in [1.82, 2.24) is 14.9 Å². The van der Waals surface area contributed by atoms with E-state index in [1.165, 1.54) is 0 Å². The minimum atomic E-state index is -0.475. The molecule has 0 spiro atoms. The Hall–Kier alpha value is -1.46. The number of rotatable bonds is 2. The highest BCUT2D eigenvalue weighted by molar-refractivity contribution is 6.42. The third-order valence-electron chi connectivity index (χ3n) is 2.77. The van der Waals surface area contributed by atoms with Crippen LogP contribution in [0.25, 0.3) is 11.0 Å². The van der Waals surface area contributed by atoms with E-state index in [1.807, 2.05) is 0 Å². The zero-order valence-corrected chi connectivity index (χ0v) is 11.4. The Morgan fingerprint density at radius 2 is 2.06 bits per heavy atom. The number of benzene rings is 1. The molecule has 1 unspecified atom stereocenters. The first-order valence-electron chi connectivity index (χ1n) is 5.29. The summed E-state index contributed by atoms with van der Waals surface area (Å²) < 4.78 is 1.62. The normalized spacial score (nSPS) is 12.7. The Kier molecular flexibility index (Phi) is 3.36. The maximum absolute atomic E-state index is 11.7. The molecule has 0 radical (unpaired) electrons. The molecular formula is C11H12Cl2N4O. The van der Waals surface area contributed by atoms with Crippen molar-refractivity contribution < 1.29 is 4.79 Å². The van der Waals surface area contributed by atoms with E-state index in [4.69, 9.17) is 28.9 Å². The van der Waals surface area contributed by atoms with Crippen molar-refractivity contribution in [3.8, 4) is 0 Å². The summed E-state index contributed by atoms with van der Waals surface area (Å²) in [6.07, 6.45) is 0. The molecule has 7 heteroatoms. The predicted octanol–water partition coefficient (Wildman–Crippen LogP) is 2.23. The van der Waals surface area contributed by atoms with Crippen molar-refractivity contribution in [1.29, 1.82) is 0 Å². The summed E-state index contributed by atoms with van der Waals surface area (Å²) in [6.45, 7) is 1.73. The van der Waals surface area contributed by atoms with E-state index < -0.39 is 6.04 Å². The lowest BCUT2D eigenvalue weighted by molar-refractivity contribution is -0.123. The van der Waals surface area contributed by atoms with Crippen LogP contribution in [0, 0.1) is 0 Å². The van der Waals surface area contributed by atoms with Crippen LogP contribution in [0.3, 0.4) is 0 Å². The average molecular weight is 287 g/mol. The number of imidazole rings is 1. The Labute approximate surface area is 114 Å². The fourth-order valence-electron chi connectivity index (χ4n) is 1.84. The first kappa shape index (κ1) is 13.0. The summed E-state index contributed by atoms with van der Waals surface area (Å²) >= 11 is 11.9. The van der Waals surface area contributed by atoms with Crippen LogP contribution in [-0.4, -0.2) is 22.5 Å². The zero-order valence-electron chi connectivity index (χ0n) is 9.87. The lowest BCUT2D eigenvalue weighted by Gasteiger charge is -2.14. The van der Waals surface area contributed by atoms with Gasteiger partial charge in [-0.1, -0.05) is 23.2 Å². The number of fused-ring (bicyclic) bond motifs is 1. The number of nitrogens with one attached hydrogen (secondary N) is 1. The first-order valence-corrected chi connectivity index (χ1v) is 6.05. The van der Waals surface area contributed by atoms with E-state index in [2.05, 4.69) is 10.3 Å². The van der Waals surface area contributed by atoms with Crippen molar-refractivity contribution in [3.05, 3.63) is 22.2 Å². The number of carbonyl (C=O) groups excluding carboxylic acids is 1. The summed E-state index contributed by atoms with van der Waals surface area (Å²) in [5.41, 5.74) is 7.12. The molecule has 1 aromatic heterocycles. The average Bonchev–Trinajstić information content (AvgIpc) is 2.63. The highest BCUT2D eigenvalue weighted by atomic mass is 35.5. The van der Waals surface area contributed by atoms with Gasteiger partial charge >= 0.3 is 0 Å². The summed E-state index contributed by atoms with van der Waals surface area (Å²) in [7, 11) is 1.57. The number of hydrogen-bond donors (Lipinski definition) is 2. The topological polar surface area (TPSA) is 72.9 Å². The van der Waals surface area contributed by atoms with Crippen molar-refractivity contribution in [2.75, 3.05) is 12.8 Å². The largest absolute Gasteiger partial charge is 0.369 e. The lowest BCUT2D eigenvalue weighted by atomic mass is 10.2. The lowest BCUT2D eigenvalue weighted by Crippen LogP contribution is -2.28. The van der Waals surface area contributed by atoms with Crippen LogP contribution in [0.4, 0.5) is 5.95 Å². The highest BCUT2D eigenvalue weighted by Crippen LogP contribution is 2.30. The zero-order chi connectivity index (χ0) is 13.4. The van der Waals surface area contributed by atoms with Crippen molar-refractivity contribution in [3.63, 3.8) is 0 Å². The monoisotopic (exact) mass is 286 g/mol. The fourth-order valence-corrected chi connectivity index (χ4v) is 2.16. The molecule has 0 fully saturated rings. The minimum Gasteiger partial charge on any atom is -0.369 e. The molecule has 2 aromatic rings. The molecule has 0 aliphatic carbocycles. The number of likely N-dealkylation sites (N-methyl/N-ethyl adjacent to an activating group) is 1. The second-order valence-corrected chi connectivity index (χ2v) is 4.70. The van der Waals surface area contributed by atoms with E-state index >= 15 is 0 Å². The van der Waals surface area contributed by atoms with Gasteiger partial charge in [0.1, 0.15) is 6.04 Å². The van der Waals surface area contributed by atoms with Gasteiger partial charge in [0.2, 0.25) is 11.9 Å². The van der Waals surface area contributed by atoms with Crippen LogP contribution in [0.15, 0.2) is 12.1 Å². The van der Waals surface area contributed by atoms with Gasteiger partial charge in [-0.15, -0.1) is 0 Å². The van der Waals surface area contributed by atoms with Gasteiger partial charge in [0, 0.05) is 7.05 Å².